The predicted octanol–water partition coefficient (Wildman–Crippen LogP) is 4.12. The number of nitrogens with one attached hydrogen (secondary N) is 2. The van der Waals surface area contributed by atoms with Gasteiger partial charge in [0.2, 0.25) is 0 Å². The van der Waals surface area contributed by atoms with E-state index in [9.17, 15) is 26.9 Å². The Morgan fingerprint density at radius 1 is 0.781 bits per heavy atom. The van der Waals surface area contributed by atoms with Crippen LogP contribution < -0.4 is 9.44 Å². The van der Waals surface area contributed by atoms with E-state index in [0.717, 1.165) is 28.8 Å². The van der Waals surface area contributed by atoms with Crippen molar-refractivity contribution in [3.63, 3.8) is 0 Å². The van der Waals surface area contributed by atoms with Gasteiger partial charge in [0.1, 0.15) is 0 Å². The third-order valence-electron chi connectivity index (χ3n) is 4.68. The number of nitro groups is 1. The molecule has 11 heteroatoms. The lowest BCUT2D eigenvalue weighted by Gasteiger charge is -2.15. The molecule has 0 aliphatic rings. The minimum atomic E-state index is -4.26. The molecular formula is C21H21N3O6S2. The number of nitrogens with zero attached hydrogens (tertiary/aromatic N) is 1. The molecule has 0 aromatic heterocycles. The van der Waals surface area contributed by atoms with Gasteiger partial charge in [0.15, 0.2) is 4.90 Å². The molecule has 0 saturated carbocycles. The van der Waals surface area contributed by atoms with Gasteiger partial charge in [-0.3, -0.25) is 19.6 Å². The fraction of sp³-hybridized carbons (Fsp3) is 0.143. The number of hydrogen-bond acceptors (Lipinski definition) is 6. The zero-order valence-corrected chi connectivity index (χ0v) is 19.1. The average Bonchev–Trinajstić information content (AvgIpc) is 2.71. The number of anilines is 2. The lowest BCUT2D eigenvalue weighted by molar-refractivity contribution is -0.387. The summed E-state index contributed by atoms with van der Waals surface area (Å²) in [5.41, 5.74) is 2.55. The number of rotatable bonds is 7. The van der Waals surface area contributed by atoms with Crippen LogP contribution in [0.3, 0.4) is 0 Å². The SMILES string of the molecule is Cc1cc(C)c(NS(=O)(=O)c2ccc(NS(=O)(=O)c3ccccc3[N+](=O)[O-])cc2)c(C)c1. The van der Waals surface area contributed by atoms with Crippen molar-refractivity contribution >= 4 is 37.1 Å². The smallest absolute Gasteiger partial charge is 0.279 e. The number of sulfonamides is 2. The summed E-state index contributed by atoms with van der Waals surface area (Å²) in [5.74, 6) is 0. The highest BCUT2D eigenvalue weighted by Crippen LogP contribution is 2.27. The van der Waals surface area contributed by atoms with Gasteiger partial charge in [-0.1, -0.05) is 29.8 Å². The maximum Gasteiger partial charge on any atom is 0.289 e. The Labute approximate surface area is 186 Å². The van der Waals surface area contributed by atoms with Crippen LogP contribution in [0.1, 0.15) is 16.7 Å². The quantitative estimate of drug-likeness (QED) is 0.390. The Kier molecular flexibility index (Phi) is 6.24. The highest BCUT2D eigenvalue weighted by molar-refractivity contribution is 7.93. The van der Waals surface area contributed by atoms with Crippen LogP contribution >= 0.6 is 0 Å². The molecule has 0 radical (unpaired) electrons. The molecule has 9 nitrogen and oxygen atoms in total. The molecule has 0 saturated heterocycles. The van der Waals surface area contributed by atoms with Crippen LogP contribution in [0.4, 0.5) is 17.1 Å². The summed E-state index contributed by atoms with van der Waals surface area (Å²) in [6.45, 7) is 5.53. The van der Waals surface area contributed by atoms with Crippen molar-refractivity contribution in [2.24, 2.45) is 0 Å². The normalized spacial score (nSPS) is 11.7. The Bertz CT molecular complexity index is 1380. The molecule has 168 valence electrons. The molecule has 0 aliphatic carbocycles. The largest absolute Gasteiger partial charge is 0.289 e. The minimum Gasteiger partial charge on any atom is -0.279 e. The summed E-state index contributed by atoms with van der Waals surface area (Å²) in [4.78, 5) is 9.79. The van der Waals surface area contributed by atoms with Gasteiger partial charge in [-0.15, -0.1) is 0 Å². The Balaban J connectivity index is 1.86. The molecule has 32 heavy (non-hydrogen) atoms. The molecule has 0 aliphatic heterocycles. The van der Waals surface area contributed by atoms with Gasteiger partial charge in [0.25, 0.3) is 25.7 Å². The predicted molar refractivity (Wildman–Crippen MR) is 122 cm³/mol. The second kappa shape index (κ2) is 8.60. The number of hydrogen-bond donors (Lipinski definition) is 2. The van der Waals surface area contributed by atoms with Crippen molar-refractivity contribution in [3.8, 4) is 0 Å². The van der Waals surface area contributed by atoms with Crippen molar-refractivity contribution < 1.29 is 21.8 Å². The first-order chi connectivity index (χ1) is 14.9. The van der Waals surface area contributed by atoms with Crippen molar-refractivity contribution in [2.75, 3.05) is 9.44 Å². The van der Waals surface area contributed by atoms with Crippen molar-refractivity contribution in [1.82, 2.24) is 0 Å². The van der Waals surface area contributed by atoms with Gasteiger partial charge in [-0.05, 0) is 62.2 Å². The molecule has 2 N–H and O–H groups in total. The van der Waals surface area contributed by atoms with E-state index in [1.54, 1.807) is 13.8 Å². The first-order valence-corrected chi connectivity index (χ1v) is 12.3. The third-order valence-corrected chi connectivity index (χ3v) is 7.48. The van der Waals surface area contributed by atoms with E-state index in [4.69, 9.17) is 0 Å². The summed E-state index contributed by atoms with van der Waals surface area (Å²) >= 11 is 0. The van der Waals surface area contributed by atoms with Crippen LogP contribution in [0.2, 0.25) is 0 Å². The summed E-state index contributed by atoms with van der Waals surface area (Å²) < 4.78 is 55.6. The summed E-state index contributed by atoms with van der Waals surface area (Å²) in [6, 6.07) is 13.7. The molecule has 0 bridgehead atoms. The first-order valence-electron chi connectivity index (χ1n) is 9.38. The van der Waals surface area contributed by atoms with Crippen LogP contribution in [0.15, 0.2) is 70.5 Å². The van der Waals surface area contributed by atoms with Crippen LogP contribution in [-0.2, 0) is 20.0 Å². The molecule has 0 fully saturated rings. The average molecular weight is 476 g/mol. The topological polar surface area (TPSA) is 135 Å². The van der Waals surface area contributed by atoms with E-state index in [1.807, 2.05) is 19.1 Å². The van der Waals surface area contributed by atoms with E-state index >= 15 is 0 Å². The molecule has 0 atom stereocenters. The fourth-order valence-corrected chi connectivity index (χ4v) is 5.72. The van der Waals surface area contributed by atoms with E-state index in [2.05, 4.69) is 9.44 Å². The molecule has 3 rings (SSSR count). The van der Waals surface area contributed by atoms with Crippen molar-refractivity contribution in [3.05, 3.63) is 87.5 Å². The number of nitro benzene ring substituents is 1. The van der Waals surface area contributed by atoms with Crippen molar-refractivity contribution in [2.45, 2.75) is 30.6 Å². The summed E-state index contributed by atoms with van der Waals surface area (Å²) in [5, 5.41) is 11.1. The van der Waals surface area contributed by atoms with E-state index in [-0.39, 0.29) is 10.6 Å². The van der Waals surface area contributed by atoms with Crippen molar-refractivity contribution in [1.29, 1.82) is 0 Å². The summed E-state index contributed by atoms with van der Waals surface area (Å²) in [7, 11) is -8.18. The van der Waals surface area contributed by atoms with Gasteiger partial charge in [-0.2, -0.15) is 0 Å². The standard InChI is InChI=1S/C21H21N3O6S2/c1-14-12-15(2)21(16(3)13-14)23-31(27,28)18-10-8-17(9-11-18)22-32(29,30)20-7-5-4-6-19(20)24(25)26/h4-13,22-23H,1-3H3. The van der Waals surface area contributed by atoms with Crippen LogP contribution in [0.5, 0.6) is 0 Å². The number of aryl methyl sites for hydroxylation is 3. The van der Waals surface area contributed by atoms with Crippen LogP contribution in [0, 0.1) is 30.9 Å². The second-order valence-electron chi connectivity index (χ2n) is 7.23. The van der Waals surface area contributed by atoms with Gasteiger partial charge >= 0.3 is 0 Å². The maximum absolute atomic E-state index is 12.8. The molecule has 3 aromatic rings. The Hall–Kier alpha value is -3.44. The van der Waals surface area contributed by atoms with Crippen LogP contribution in [-0.4, -0.2) is 21.8 Å². The number of benzene rings is 3. The van der Waals surface area contributed by atoms with Gasteiger partial charge in [0.05, 0.1) is 15.5 Å². The Morgan fingerprint density at radius 2 is 1.34 bits per heavy atom. The highest BCUT2D eigenvalue weighted by atomic mass is 32.2. The first kappa shape index (κ1) is 23.2. The van der Waals surface area contributed by atoms with Gasteiger partial charge in [-0.25, -0.2) is 16.8 Å². The zero-order chi connectivity index (χ0) is 23.7. The minimum absolute atomic E-state index is 0.0600. The molecule has 0 heterocycles. The van der Waals surface area contributed by atoms with Gasteiger partial charge < -0.3 is 0 Å². The molecule has 3 aromatic carbocycles. The summed E-state index contributed by atoms with van der Waals surface area (Å²) in [6.07, 6.45) is 0. The monoisotopic (exact) mass is 475 g/mol. The van der Waals surface area contributed by atoms with E-state index in [0.29, 0.717) is 5.69 Å². The second-order valence-corrected chi connectivity index (χ2v) is 10.6. The molecular weight excluding hydrogens is 454 g/mol. The molecule has 0 amide bonds. The molecule has 0 spiro atoms. The van der Waals surface area contributed by atoms with E-state index < -0.39 is 35.6 Å². The molecule has 0 unspecified atom stereocenters. The number of para-hydroxylation sites is 1. The van der Waals surface area contributed by atoms with Gasteiger partial charge in [0, 0.05) is 11.8 Å². The highest BCUT2D eigenvalue weighted by Gasteiger charge is 2.25. The maximum atomic E-state index is 12.8. The fourth-order valence-electron chi connectivity index (χ4n) is 3.28. The lowest BCUT2D eigenvalue weighted by atomic mass is 10.1. The van der Waals surface area contributed by atoms with Crippen LogP contribution in [0.25, 0.3) is 0 Å². The Morgan fingerprint density at radius 3 is 1.91 bits per heavy atom. The van der Waals surface area contributed by atoms with E-state index in [1.165, 1.54) is 36.4 Å². The third kappa shape index (κ3) is 4.89. The zero-order valence-electron chi connectivity index (χ0n) is 17.5. The lowest BCUT2D eigenvalue weighted by Crippen LogP contribution is -2.16.